The van der Waals surface area contributed by atoms with Crippen LogP contribution in [0.25, 0.3) is 11.1 Å². The molecular weight excluding hydrogens is 510 g/mol. The van der Waals surface area contributed by atoms with E-state index in [2.05, 4.69) is 0 Å². The number of hydrogen-bond acceptors (Lipinski definition) is 3. The summed E-state index contributed by atoms with van der Waals surface area (Å²) in [5.74, 6) is -8.90. The lowest BCUT2D eigenvalue weighted by Crippen LogP contribution is -2.22. The maximum absolute atomic E-state index is 15.0. The van der Waals surface area contributed by atoms with Gasteiger partial charge in [-0.15, -0.1) is 0 Å². The third kappa shape index (κ3) is 5.54. The van der Waals surface area contributed by atoms with Crippen LogP contribution >= 0.6 is 0 Å². The van der Waals surface area contributed by atoms with Gasteiger partial charge in [-0.05, 0) is 55.7 Å². The topological polar surface area (TPSA) is 49.7 Å². The molecule has 0 aliphatic heterocycles. The lowest BCUT2D eigenvalue weighted by Gasteiger charge is -2.29. The number of rotatable bonds is 8. The second kappa shape index (κ2) is 11.8. The van der Waals surface area contributed by atoms with Crippen molar-refractivity contribution in [1.29, 1.82) is 0 Å². The van der Waals surface area contributed by atoms with Crippen LogP contribution in [0.3, 0.4) is 0 Å². The molecule has 0 amide bonds. The fraction of sp³-hybridized carbons (Fsp3) is 0.379. The van der Waals surface area contributed by atoms with Crippen LogP contribution in [0.2, 0.25) is 0 Å². The summed E-state index contributed by atoms with van der Waals surface area (Å²) in [5.41, 5.74) is -0.913. The van der Waals surface area contributed by atoms with Crippen molar-refractivity contribution in [2.45, 2.75) is 70.2 Å². The summed E-state index contributed by atoms with van der Waals surface area (Å²) in [4.78, 5) is 0. The number of halogens is 6. The second-order valence-electron chi connectivity index (χ2n) is 9.62. The van der Waals surface area contributed by atoms with Crippen molar-refractivity contribution >= 4 is 0 Å². The Kier molecular flexibility index (Phi) is 8.67. The van der Waals surface area contributed by atoms with Gasteiger partial charge in [0.1, 0.15) is 0 Å². The Morgan fingerprint density at radius 2 is 1.39 bits per heavy atom. The van der Waals surface area contributed by atoms with E-state index in [-0.39, 0.29) is 35.3 Å². The molecule has 1 atom stereocenters. The predicted molar refractivity (Wildman–Crippen MR) is 129 cm³/mol. The first-order chi connectivity index (χ1) is 18.1. The van der Waals surface area contributed by atoms with Crippen LogP contribution in [0.1, 0.15) is 74.2 Å². The van der Waals surface area contributed by atoms with E-state index in [1.807, 2.05) is 6.92 Å². The minimum absolute atomic E-state index is 0.0266. The Morgan fingerprint density at radius 3 is 2.05 bits per heavy atom. The normalized spacial score (nSPS) is 18.5. The molecule has 0 saturated heterocycles. The third-order valence-corrected chi connectivity index (χ3v) is 7.17. The van der Waals surface area contributed by atoms with E-state index >= 15 is 0 Å². The fourth-order valence-corrected chi connectivity index (χ4v) is 4.99. The average molecular weight is 539 g/mol. The SMILES string of the molecule is CCCC(O)c1ccc(COC2CCC(c3ccc(-c4ccc(O)c(F)c4F)c(F)c3F)CC2)c(F)c1F. The molecule has 3 aromatic rings. The van der Waals surface area contributed by atoms with Gasteiger partial charge in [0, 0.05) is 22.3 Å². The summed E-state index contributed by atoms with van der Waals surface area (Å²) in [5, 5.41) is 19.3. The molecular formula is C29H28F6O3. The number of phenolic OH excluding ortho intramolecular Hbond substituents is 1. The van der Waals surface area contributed by atoms with E-state index in [0.717, 1.165) is 12.1 Å². The Balaban J connectivity index is 1.39. The third-order valence-electron chi connectivity index (χ3n) is 7.17. The Labute approximate surface area is 216 Å². The van der Waals surface area contributed by atoms with Crippen LogP contribution in [0.5, 0.6) is 5.75 Å². The van der Waals surface area contributed by atoms with Gasteiger partial charge in [-0.25, -0.2) is 22.0 Å². The predicted octanol–water partition coefficient (Wildman–Crippen LogP) is 7.97. The van der Waals surface area contributed by atoms with Gasteiger partial charge in [0.2, 0.25) is 5.82 Å². The number of aliphatic hydroxyl groups excluding tert-OH is 1. The summed E-state index contributed by atoms with van der Waals surface area (Å²) in [6.07, 6.45) is 1.40. The first-order valence-electron chi connectivity index (χ1n) is 12.6. The van der Waals surface area contributed by atoms with Crippen LogP contribution in [0.4, 0.5) is 26.3 Å². The highest BCUT2D eigenvalue weighted by Crippen LogP contribution is 2.39. The van der Waals surface area contributed by atoms with Gasteiger partial charge in [-0.3, -0.25) is 0 Å². The standard InChI is InChI=1S/C29H28F6O3/c1-2-3-22(36)21-9-6-16(24(30)28(21)34)14-38-17-7-4-15(5-8-17)18-10-11-19(26(32)25(18)31)20-12-13-23(37)29(35)27(20)33/h6,9-13,15,17,22,36-37H,2-5,7-8,14H2,1H3. The molecule has 0 bridgehead atoms. The molecule has 4 rings (SSSR count). The summed E-state index contributed by atoms with van der Waals surface area (Å²) in [7, 11) is 0. The van der Waals surface area contributed by atoms with Crippen molar-refractivity contribution in [1.82, 2.24) is 0 Å². The van der Waals surface area contributed by atoms with Crippen molar-refractivity contribution < 1.29 is 41.3 Å². The number of ether oxygens (including phenoxy) is 1. The van der Waals surface area contributed by atoms with Gasteiger partial charge in [0.25, 0.3) is 0 Å². The molecule has 0 aromatic heterocycles. The van der Waals surface area contributed by atoms with E-state index in [1.54, 1.807) is 0 Å². The molecule has 3 nitrogen and oxygen atoms in total. The Morgan fingerprint density at radius 1 is 0.763 bits per heavy atom. The van der Waals surface area contributed by atoms with E-state index < -0.39 is 57.9 Å². The molecule has 204 valence electrons. The van der Waals surface area contributed by atoms with Crippen molar-refractivity contribution in [2.75, 3.05) is 0 Å². The number of hydrogen-bond donors (Lipinski definition) is 2. The molecule has 1 unspecified atom stereocenters. The Hall–Kier alpha value is -3.04. The number of benzene rings is 3. The summed E-state index contributed by atoms with van der Waals surface area (Å²) >= 11 is 0. The van der Waals surface area contributed by atoms with Gasteiger partial charge in [-0.1, -0.05) is 37.6 Å². The Bertz CT molecular complexity index is 1300. The van der Waals surface area contributed by atoms with E-state index in [1.165, 1.54) is 24.3 Å². The van der Waals surface area contributed by atoms with Crippen LogP contribution in [-0.2, 0) is 11.3 Å². The van der Waals surface area contributed by atoms with Crippen molar-refractivity contribution in [3.63, 3.8) is 0 Å². The van der Waals surface area contributed by atoms with Gasteiger partial charge in [0.05, 0.1) is 18.8 Å². The van der Waals surface area contributed by atoms with E-state index in [4.69, 9.17) is 4.74 Å². The van der Waals surface area contributed by atoms with Crippen molar-refractivity contribution in [3.8, 4) is 16.9 Å². The van der Waals surface area contributed by atoms with Crippen molar-refractivity contribution in [3.05, 3.63) is 88.0 Å². The fourth-order valence-electron chi connectivity index (χ4n) is 4.99. The van der Waals surface area contributed by atoms with Gasteiger partial charge < -0.3 is 14.9 Å². The zero-order valence-electron chi connectivity index (χ0n) is 20.7. The zero-order chi connectivity index (χ0) is 27.6. The largest absolute Gasteiger partial charge is 0.505 e. The highest BCUT2D eigenvalue weighted by atomic mass is 19.2. The summed E-state index contributed by atoms with van der Waals surface area (Å²) < 4.78 is 92.4. The number of aromatic hydroxyl groups is 1. The van der Waals surface area contributed by atoms with Crippen LogP contribution in [0, 0.1) is 34.9 Å². The molecule has 38 heavy (non-hydrogen) atoms. The summed E-state index contributed by atoms with van der Waals surface area (Å²) in [6.45, 7) is 1.66. The van der Waals surface area contributed by atoms with Crippen LogP contribution in [-0.4, -0.2) is 16.3 Å². The molecule has 0 heterocycles. The van der Waals surface area contributed by atoms with Crippen LogP contribution < -0.4 is 0 Å². The molecule has 1 saturated carbocycles. The minimum atomic E-state index is -1.54. The zero-order valence-corrected chi connectivity index (χ0v) is 20.7. The van der Waals surface area contributed by atoms with Crippen molar-refractivity contribution in [2.24, 2.45) is 0 Å². The maximum atomic E-state index is 15.0. The lowest BCUT2D eigenvalue weighted by atomic mass is 9.82. The van der Waals surface area contributed by atoms with E-state index in [9.17, 15) is 36.6 Å². The quantitative estimate of drug-likeness (QED) is 0.286. The average Bonchev–Trinajstić information content (AvgIpc) is 2.91. The lowest BCUT2D eigenvalue weighted by molar-refractivity contribution is 0.0116. The van der Waals surface area contributed by atoms with Gasteiger partial charge in [-0.2, -0.15) is 4.39 Å². The van der Waals surface area contributed by atoms with Gasteiger partial charge in [0.15, 0.2) is 34.8 Å². The second-order valence-corrected chi connectivity index (χ2v) is 9.62. The summed E-state index contributed by atoms with van der Waals surface area (Å²) in [6, 6.07) is 7.11. The monoisotopic (exact) mass is 538 g/mol. The molecule has 0 spiro atoms. The molecule has 0 radical (unpaired) electrons. The first-order valence-corrected chi connectivity index (χ1v) is 12.6. The molecule has 2 N–H and O–H groups in total. The molecule has 3 aromatic carbocycles. The number of phenols is 1. The van der Waals surface area contributed by atoms with Gasteiger partial charge >= 0.3 is 0 Å². The van der Waals surface area contributed by atoms with Crippen LogP contribution in [0.15, 0.2) is 36.4 Å². The maximum Gasteiger partial charge on any atom is 0.200 e. The van der Waals surface area contributed by atoms with E-state index in [0.29, 0.717) is 38.5 Å². The molecule has 1 aliphatic carbocycles. The molecule has 1 fully saturated rings. The molecule has 9 heteroatoms. The molecule has 1 aliphatic rings. The minimum Gasteiger partial charge on any atom is -0.505 e. The highest BCUT2D eigenvalue weighted by molar-refractivity contribution is 5.66. The first kappa shape index (κ1) is 28.0. The number of aliphatic hydroxyl groups is 1. The smallest absolute Gasteiger partial charge is 0.200 e. The highest BCUT2D eigenvalue weighted by Gasteiger charge is 2.28.